The van der Waals surface area contributed by atoms with Crippen molar-refractivity contribution < 1.29 is 32.4 Å². The van der Waals surface area contributed by atoms with Crippen LogP contribution >= 0.6 is 25.1 Å². The molecule has 0 radical (unpaired) electrons. The molecule has 0 spiro atoms. The van der Waals surface area contributed by atoms with E-state index in [1.54, 1.807) is 0 Å². The van der Waals surface area contributed by atoms with E-state index >= 15 is 0 Å². The number of rotatable bonds is 3. The number of phosphoric acid groups is 2. The Hall–Kier alpha value is 1.69. The van der Waals surface area contributed by atoms with E-state index in [1.807, 2.05) is 0 Å². The fourth-order valence-corrected chi connectivity index (χ4v) is 1.73. The van der Waals surface area contributed by atoms with Gasteiger partial charge in [0.1, 0.15) is 0 Å². The van der Waals surface area contributed by atoms with Gasteiger partial charge in [-0.15, -0.1) is 0 Å². The Morgan fingerprint density at radius 3 is 1.64 bits per heavy atom. The second-order valence-electron chi connectivity index (χ2n) is 1.15. The molecule has 0 amide bonds. The minimum absolute atomic E-state index is 0. The van der Waals surface area contributed by atoms with Crippen molar-refractivity contribution in [1.82, 2.24) is 0 Å². The van der Waals surface area contributed by atoms with Crippen molar-refractivity contribution >= 4 is 54.7 Å². The van der Waals surface area contributed by atoms with Crippen molar-refractivity contribution in [2.75, 3.05) is 0 Å². The zero-order valence-corrected chi connectivity index (χ0v) is 7.39. The molecule has 0 aliphatic carbocycles. The molecule has 0 saturated carbocycles. The van der Waals surface area contributed by atoms with E-state index < -0.39 is 15.6 Å². The molecule has 11 heavy (non-hydrogen) atoms. The molecule has 11 heteroatoms. The normalized spacial score (nSPS) is 16.7. The van der Waals surface area contributed by atoms with Gasteiger partial charge in [0.05, 0.1) is 0 Å². The van der Waals surface area contributed by atoms with Crippen LogP contribution in [-0.4, -0.2) is 44.2 Å². The Kier molecular flexibility index (Phi) is 7.49. The third kappa shape index (κ3) is 9.61. The van der Waals surface area contributed by atoms with Crippen LogP contribution in [0.15, 0.2) is 0 Å². The van der Waals surface area contributed by atoms with Gasteiger partial charge in [-0.2, -0.15) is 4.31 Å². The van der Waals surface area contributed by atoms with Gasteiger partial charge < -0.3 is 14.7 Å². The average molecular weight is 234 g/mol. The van der Waals surface area contributed by atoms with Crippen molar-refractivity contribution in [3.05, 3.63) is 0 Å². The number of hydrogen-bond acceptors (Lipinski definition) is 4. The minimum atomic E-state index is -4.96. The van der Waals surface area contributed by atoms with E-state index in [9.17, 15) is 9.13 Å². The summed E-state index contributed by atoms with van der Waals surface area (Å²) in [4.78, 5) is 24.2. The van der Waals surface area contributed by atoms with Crippen LogP contribution in [0.5, 0.6) is 0 Å². The van der Waals surface area contributed by atoms with Gasteiger partial charge in [0.25, 0.3) is 0 Å². The zero-order valence-electron chi connectivity index (χ0n) is 4.45. The van der Waals surface area contributed by atoms with Gasteiger partial charge >= 0.3 is 45.2 Å². The summed E-state index contributed by atoms with van der Waals surface area (Å²) in [5.41, 5.74) is 0. The maximum absolute atomic E-state index is 10.2. The van der Waals surface area contributed by atoms with Crippen molar-refractivity contribution in [3.63, 3.8) is 0 Å². The van der Waals surface area contributed by atoms with Crippen LogP contribution < -0.4 is 0 Å². The molecule has 0 heterocycles. The molecular weight excluding hydrogens is 228 g/mol. The van der Waals surface area contributed by atoms with Gasteiger partial charge in [0.2, 0.25) is 0 Å². The molecule has 0 bridgehead atoms. The van der Waals surface area contributed by atoms with Crippen molar-refractivity contribution in [2.45, 2.75) is 0 Å². The first-order valence-corrected chi connectivity index (χ1v) is 5.25. The summed E-state index contributed by atoms with van der Waals surface area (Å²) >= 11 is 0. The van der Waals surface area contributed by atoms with Gasteiger partial charge in [0, 0.05) is 9.47 Å². The second-order valence-corrected chi connectivity index (χ2v) is 4.56. The van der Waals surface area contributed by atoms with Crippen LogP contribution in [0.25, 0.3) is 0 Å². The Morgan fingerprint density at radius 1 is 1.18 bits per heavy atom. The van der Waals surface area contributed by atoms with Crippen molar-refractivity contribution in [3.8, 4) is 0 Å². The maximum atomic E-state index is 10.2. The van der Waals surface area contributed by atoms with Gasteiger partial charge in [-0.25, -0.2) is 9.13 Å². The molecule has 0 aliphatic rings. The predicted octanol–water partition coefficient (Wildman–Crippen LogP) is -0.646. The zero-order chi connectivity index (χ0) is 8.41. The quantitative estimate of drug-likeness (QED) is 0.439. The first-order valence-electron chi connectivity index (χ1n) is 1.75. The molecule has 0 saturated heterocycles. The molecule has 0 aliphatic heterocycles. The monoisotopic (exact) mass is 234 g/mol. The van der Waals surface area contributed by atoms with E-state index in [4.69, 9.17) is 14.7 Å². The summed E-state index contributed by atoms with van der Waals surface area (Å²) in [6.07, 6.45) is 0. The molecule has 2 unspecified atom stereocenters. The average Bonchev–Trinajstić information content (AvgIpc) is 1.60. The van der Waals surface area contributed by atoms with Gasteiger partial charge in [-0.05, 0) is 0 Å². The summed E-state index contributed by atoms with van der Waals surface area (Å²) in [6, 6.07) is 0. The molecule has 64 valence electrons. The Morgan fingerprint density at radius 2 is 1.55 bits per heavy atom. The van der Waals surface area contributed by atoms with Crippen LogP contribution in [0.2, 0.25) is 0 Å². The Labute approximate surface area is 86.9 Å². The number of hydrogen-bond donors (Lipinski definition) is 3. The Balaban J connectivity index is 0. The van der Waals surface area contributed by atoms with Crippen LogP contribution in [0, 0.1) is 0 Å². The van der Waals surface area contributed by atoms with E-state index in [0.717, 1.165) is 0 Å². The first-order chi connectivity index (χ1) is 4.27. The van der Waals surface area contributed by atoms with Crippen LogP contribution in [-0.2, 0) is 17.8 Å². The van der Waals surface area contributed by atoms with Gasteiger partial charge in [-0.3, -0.25) is 4.31 Å². The molecular formula is H6NaO7P3. The van der Waals surface area contributed by atoms with E-state index in [1.165, 1.54) is 9.47 Å². The van der Waals surface area contributed by atoms with Gasteiger partial charge in [-0.1, -0.05) is 0 Å². The summed E-state index contributed by atoms with van der Waals surface area (Å²) in [7, 11) is -8.20. The van der Waals surface area contributed by atoms with E-state index in [0.29, 0.717) is 0 Å². The molecule has 0 fully saturated rings. The summed E-state index contributed by atoms with van der Waals surface area (Å²) in [5, 5.41) is 0. The van der Waals surface area contributed by atoms with Gasteiger partial charge in [0.15, 0.2) is 0 Å². The second kappa shape index (κ2) is 5.43. The summed E-state index contributed by atoms with van der Waals surface area (Å²) in [5.74, 6) is 0. The van der Waals surface area contributed by atoms with Crippen molar-refractivity contribution in [2.24, 2.45) is 0 Å². The molecule has 2 atom stereocenters. The first kappa shape index (κ1) is 15.2. The SMILES string of the molecule is O=P(O)(O)OP(=O)(O)OP.[NaH]. The molecule has 0 aromatic carbocycles. The third-order valence-corrected chi connectivity index (χ3v) is 3.08. The van der Waals surface area contributed by atoms with E-state index in [-0.39, 0.29) is 29.6 Å². The standard InChI is InChI=1S/Na.H5O7P3.H/c;1-9(2,3)7-10(4,5)6-8;/h;8H2,(H,4,5)(H2,1,2,3);. The third-order valence-electron chi connectivity index (χ3n) is 0.343. The van der Waals surface area contributed by atoms with E-state index in [2.05, 4.69) is 8.62 Å². The molecule has 0 aromatic heterocycles. The fraction of sp³-hybridized carbons (Fsp3) is 0. The Bertz CT molecular complexity index is 192. The van der Waals surface area contributed by atoms with Crippen LogP contribution in [0.1, 0.15) is 0 Å². The predicted molar refractivity (Wildman–Crippen MR) is 40.9 cm³/mol. The molecule has 0 aromatic rings. The topological polar surface area (TPSA) is 113 Å². The van der Waals surface area contributed by atoms with Crippen LogP contribution in [0.4, 0.5) is 0 Å². The fourth-order valence-electron chi connectivity index (χ4n) is 0.154. The van der Waals surface area contributed by atoms with Crippen LogP contribution in [0.3, 0.4) is 0 Å². The summed E-state index contributed by atoms with van der Waals surface area (Å²) < 4.78 is 27.0. The molecule has 0 rings (SSSR count). The van der Waals surface area contributed by atoms with Crippen molar-refractivity contribution in [1.29, 1.82) is 0 Å². The summed E-state index contributed by atoms with van der Waals surface area (Å²) in [6.45, 7) is 0. The molecule has 7 nitrogen and oxygen atoms in total. The molecule has 3 N–H and O–H groups in total.